The van der Waals surface area contributed by atoms with Gasteiger partial charge in [-0.15, -0.1) is 0 Å². The zero-order chi connectivity index (χ0) is 15.4. The third-order valence-electron chi connectivity index (χ3n) is 2.47. The molecule has 0 bridgehead atoms. The third-order valence-corrected chi connectivity index (χ3v) is 2.79. The number of rotatable bonds is 4. The Morgan fingerprint density at radius 2 is 1.86 bits per heavy atom. The van der Waals surface area contributed by atoms with Gasteiger partial charge in [0.15, 0.2) is 6.61 Å². The van der Waals surface area contributed by atoms with Gasteiger partial charge in [0.05, 0.1) is 10.7 Å². The van der Waals surface area contributed by atoms with E-state index in [1.165, 1.54) is 12.1 Å². The molecule has 2 aromatic rings. The van der Waals surface area contributed by atoms with E-state index in [0.717, 1.165) is 12.1 Å². The quantitative estimate of drug-likeness (QED) is 0.852. The molecule has 2 rings (SSSR count). The van der Waals surface area contributed by atoms with Crippen LogP contribution < -0.4 is 15.8 Å². The van der Waals surface area contributed by atoms with E-state index in [0.29, 0.717) is 17.4 Å². The SMILES string of the molecule is Nc1ccc(NC(=O)COc2cc(F)cc(F)c2)c(Cl)c1. The van der Waals surface area contributed by atoms with Crippen LogP contribution in [0.1, 0.15) is 0 Å². The second-order valence-electron chi connectivity index (χ2n) is 4.18. The molecular weight excluding hydrogens is 302 g/mol. The van der Waals surface area contributed by atoms with Gasteiger partial charge >= 0.3 is 0 Å². The lowest BCUT2D eigenvalue weighted by Gasteiger charge is -2.09. The normalized spacial score (nSPS) is 10.2. The van der Waals surface area contributed by atoms with Crippen LogP contribution in [0, 0.1) is 11.6 Å². The van der Waals surface area contributed by atoms with Crippen molar-refractivity contribution in [2.24, 2.45) is 0 Å². The van der Waals surface area contributed by atoms with Crippen molar-refractivity contribution in [1.82, 2.24) is 0 Å². The summed E-state index contributed by atoms with van der Waals surface area (Å²) in [4.78, 5) is 11.7. The monoisotopic (exact) mass is 312 g/mol. The molecule has 3 N–H and O–H groups in total. The second-order valence-corrected chi connectivity index (χ2v) is 4.59. The standard InChI is InChI=1S/C14H11ClF2N2O2/c15-12-6-10(18)1-2-13(12)19-14(20)7-21-11-4-8(16)3-9(17)5-11/h1-6H,7,18H2,(H,19,20). The molecule has 1 amide bonds. The van der Waals surface area contributed by atoms with E-state index in [1.54, 1.807) is 6.07 Å². The number of carbonyl (C=O) groups excluding carboxylic acids is 1. The minimum absolute atomic E-state index is 0.0777. The number of nitrogens with one attached hydrogen (secondary N) is 1. The van der Waals surface area contributed by atoms with E-state index in [9.17, 15) is 13.6 Å². The van der Waals surface area contributed by atoms with Gasteiger partial charge in [0.1, 0.15) is 17.4 Å². The van der Waals surface area contributed by atoms with Crippen LogP contribution in [0.15, 0.2) is 36.4 Å². The van der Waals surface area contributed by atoms with Gasteiger partial charge in [-0.3, -0.25) is 4.79 Å². The van der Waals surface area contributed by atoms with Crippen LogP contribution >= 0.6 is 11.6 Å². The first-order valence-electron chi connectivity index (χ1n) is 5.88. The van der Waals surface area contributed by atoms with Gasteiger partial charge in [-0.2, -0.15) is 0 Å². The molecule has 0 spiro atoms. The molecular formula is C14H11ClF2N2O2. The van der Waals surface area contributed by atoms with E-state index in [4.69, 9.17) is 22.1 Å². The first-order chi connectivity index (χ1) is 9.94. The topological polar surface area (TPSA) is 64.3 Å². The fraction of sp³-hybridized carbons (Fsp3) is 0.0714. The van der Waals surface area contributed by atoms with Gasteiger partial charge in [-0.25, -0.2) is 8.78 Å². The number of hydrogen-bond donors (Lipinski definition) is 2. The maximum absolute atomic E-state index is 12.9. The fourth-order valence-electron chi connectivity index (χ4n) is 1.58. The van der Waals surface area contributed by atoms with Crippen molar-refractivity contribution in [2.45, 2.75) is 0 Å². The number of nitrogen functional groups attached to an aromatic ring is 1. The molecule has 0 saturated carbocycles. The van der Waals surface area contributed by atoms with E-state index < -0.39 is 24.1 Å². The summed E-state index contributed by atoms with van der Waals surface area (Å²) in [6.45, 7) is -0.413. The number of nitrogens with two attached hydrogens (primary N) is 1. The molecule has 2 aromatic carbocycles. The minimum atomic E-state index is -0.785. The molecule has 4 nitrogen and oxygen atoms in total. The van der Waals surface area contributed by atoms with E-state index >= 15 is 0 Å². The Labute approximate surface area is 124 Å². The van der Waals surface area contributed by atoms with Crippen molar-refractivity contribution in [2.75, 3.05) is 17.7 Å². The molecule has 0 saturated heterocycles. The number of carbonyl (C=O) groups is 1. The van der Waals surface area contributed by atoms with Crippen molar-refractivity contribution < 1.29 is 18.3 Å². The average Bonchev–Trinajstić information content (AvgIpc) is 2.39. The first-order valence-corrected chi connectivity index (χ1v) is 6.25. The number of benzene rings is 2. The Hall–Kier alpha value is -2.34. The van der Waals surface area contributed by atoms with Crippen molar-refractivity contribution >= 4 is 28.9 Å². The molecule has 0 aliphatic heterocycles. The van der Waals surface area contributed by atoms with Crippen LogP contribution in [0.5, 0.6) is 5.75 Å². The van der Waals surface area contributed by atoms with Crippen LogP contribution in [0.2, 0.25) is 5.02 Å². The van der Waals surface area contributed by atoms with Gasteiger partial charge in [0, 0.05) is 23.9 Å². The summed E-state index contributed by atoms with van der Waals surface area (Å²) >= 11 is 5.90. The summed E-state index contributed by atoms with van der Waals surface area (Å²) in [5.74, 6) is -2.17. The Balaban J connectivity index is 1.95. The lowest BCUT2D eigenvalue weighted by molar-refractivity contribution is -0.118. The second kappa shape index (κ2) is 6.41. The Morgan fingerprint density at radius 1 is 1.19 bits per heavy atom. The number of ether oxygens (including phenoxy) is 1. The molecule has 0 heterocycles. The van der Waals surface area contributed by atoms with E-state index in [1.807, 2.05) is 0 Å². The molecule has 0 fully saturated rings. The van der Waals surface area contributed by atoms with Crippen molar-refractivity contribution in [3.05, 3.63) is 53.1 Å². The van der Waals surface area contributed by atoms with Gasteiger partial charge in [0.25, 0.3) is 5.91 Å². The summed E-state index contributed by atoms with van der Waals surface area (Å²) in [6, 6.07) is 7.27. The van der Waals surface area contributed by atoms with Crippen LogP contribution in [0.3, 0.4) is 0 Å². The minimum Gasteiger partial charge on any atom is -0.484 e. The van der Waals surface area contributed by atoms with Crippen molar-refractivity contribution in [3.63, 3.8) is 0 Å². The third kappa shape index (κ3) is 4.32. The van der Waals surface area contributed by atoms with Crippen LogP contribution in [-0.4, -0.2) is 12.5 Å². The van der Waals surface area contributed by atoms with Gasteiger partial charge in [-0.05, 0) is 18.2 Å². The lowest BCUT2D eigenvalue weighted by Crippen LogP contribution is -2.20. The number of amides is 1. The number of halogens is 3. The van der Waals surface area contributed by atoms with Crippen LogP contribution in [-0.2, 0) is 4.79 Å². The highest BCUT2D eigenvalue weighted by Gasteiger charge is 2.08. The predicted octanol–water partition coefficient (Wildman–Crippen LogP) is 3.22. The molecule has 0 unspecified atom stereocenters. The molecule has 0 aliphatic rings. The van der Waals surface area contributed by atoms with Crippen LogP contribution in [0.4, 0.5) is 20.2 Å². The van der Waals surface area contributed by atoms with Crippen molar-refractivity contribution in [3.8, 4) is 5.75 Å². The van der Waals surface area contributed by atoms with Gasteiger partial charge < -0.3 is 15.8 Å². The lowest BCUT2D eigenvalue weighted by atomic mass is 10.3. The molecule has 0 aliphatic carbocycles. The van der Waals surface area contributed by atoms with Gasteiger partial charge in [-0.1, -0.05) is 11.6 Å². The molecule has 7 heteroatoms. The smallest absolute Gasteiger partial charge is 0.262 e. The van der Waals surface area contributed by atoms with Crippen molar-refractivity contribution in [1.29, 1.82) is 0 Å². The maximum Gasteiger partial charge on any atom is 0.262 e. The summed E-state index contributed by atoms with van der Waals surface area (Å²) in [6.07, 6.45) is 0. The highest BCUT2D eigenvalue weighted by molar-refractivity contribution is 6.34. The average molecular weight is 313 g/mol. The zero-order valence-corrected chi connectivity index (χ0v) is 11.5. The predicted molar refractivity (Wildman–Crippen MR) is 76.3 cm³/mol. The molecule has 0 atom stereocenters. The first kappa shape index (κ1) is 15.1. The van der Waals surface area contributed by atoms with Crippen LogP contribution in [0.25, 0.3) is 0 Å². The molecule has 110 valence electrons. The summed E-state index contributed by atoms with van der Waals surface area (Å²) in [5, 5.41) is 2.78. The highest BCUT2D eigenvalue weighted by Crippen LogP contribution is 2.24. The Morgan fingerprint density at radius 3 is 2.48 bits per heavy atom. The number of hydrogen-bond acceptors (Lipinski definition) is 3. The highest BCUT2D eigenvalue weighted by atomic mass is 35.5. The van der Waals surface area contributed by atoms with E-state index in [-0.39, 0.29) is 10.8 Å². The van der Waals surface area contributed by atoms with E-state index in [2.05, 4.69) is 5.32 Å². The molecule has 0 aromatic heterocycles. The molecule has 0 radical (unpaired) electrons. The fourth-order valence-corrected chi connectivity index (χ4v) is 1.82. The Bertz CT molecular complexity index is 660. The zero-order valence-electron chi connectivity index (χ0n) is 10.7. The summed E-state index contributed by atoms with van der Waals surface area (Å²) < 4.78 is 30.9. The Kier molecular flexibility index (Phi) is 4.59. The van der Waals surface area contributed by atoms with Gasteiger partial charge in [0.2, 0.25) is 0 Å². The number of anilines is 2. The summed E-state index contributed by atoms with van der Waals surface area (Å²) in [7, 11) is 0. The largest absolute Gasteiger partial charge is 0.484 e. The summed E-state index contributed by atoms with van der Waals surface area (Å²) in [5.41, 5.74) is 6.36. The maximum atomic E-state index is 12.9. The molecule has 21 heavy (non-hydrogen) atoms.